The SMILES string of the molecule is NCC1CCC(NC(=O)C23CC4CC(c5ccccc5)(CC2C4OCc2ccccc2)C3)CC1. The second-order valence-corrected chi connectivity index (χ2v) is 11.6. The monoisotopic (exact) mass is 458 g/mol. The standard InChI is InChI=1S/C30H38N2O2/c31-18-21-11-13-25(14-12-21)32-28(33)30-16-23-15-29(20-30,24-9-5-2-6-10-24)17-26(30)27(23)34-19-22-7-3-1-4-8-22/h1-10,21,23,25-27H,11-20,31H2,(H,32,33). The van der Waals surface area contributed by atoms with E-state index in [0.717, 1.165) is 57.9 Å². The van der Waals surface area contributed by atoms with E-state index in [1.54, 1.807) is 0 Å². The van der Waals surface area contributed by atoms with Crippen LogP contribution in [0.1, 0.15) is 62.5 Å². The minimum atomic E-state index is -0.287. The first-order valence-corrected chi connectivity index (χ1v) is 13.3. The predicted octanol–water partition coefficient (Wildman–Crippen LogP) is 4.96. The normalized spacial score (nSPS) is 38.2. The average molecular weight is 459 g/mol. The molecule has 3 N–H and O–H groups in total. The first-order valence-electron chi connectivity index (χ1n) is 13.3. The van der Waals surface area contributed by atoms with Crippen LogP contribution in [-0.2, 0) is 21.6 Å². The van der Waals surface area contributed by atoms with Gasteiger partial charge >= 0.3 is 0 Å². The van der Waals surface area contributed by atoms with Crippen LogP contribution in [0.5, 0.6) is 0 Å². The molecule has 180 valence electrons. The quantitative estimate of drug-likeness (QED) is 0.616. The highest BCUT2D eigenvalue weighted by Gasteiger charge is 2.71. The smallest absolute Gasteiger partial charge is 0.226 e. The molecule has 5 atom stereocenters. The van der Waals surface area contributed by atoms with Crippen molar-refractivity contribution in [1.82, 2.24) is 5.32 Å². The van der Waals surface area contributed by atoms with Gasteiger partial charge in [-0.1, -0.05) is 60.7 Å². The molecule has 0 heterocycles. The minimum absolute atomic E-state index is 0.121. The van der Waals surface area contributed by atoms with Crippen LogP contribution in [-0.4, -0.2) is 24.6 Å². The molecule has 34 heavy (non-hydrogen) atoms. The Bertz CT molecular complexity index is 1000. The van der Waals surface area contributed by atoms with Gasteiger partial charge in [0.05, 0.1) is 18.1 Å². The third-order valence-electron chi connectivity index (χ3n) is 9.75. The topological polar surface area (TPSA) is 64.3 Å². The molecule has 4 heteroatoms. The number of nitrogens with two attached hydrogens (primary N) is 1. The molecule has 0 spiro atoms. The third-order valence-corrected chi connectivity index (χ3v) is 9.75. The van der Waals surface area contributed by atoms with E-state index in [-0.39, 0.29) is 16.9 Å². The summed E-state index contributed by atoms with van der Waals surface area (Å²) in [6, 6.07) is 21.8. The molecule has 2 aromatic rings. The van der Waals surface area contributed by atoms with Crippen molar-refractivity contribution < 1.29 is 9.53 Å². The summed E-state index contributed by atoms with van der Waals surface area (Å²) >= 11 is 0. The van der Waals surface area contributed by atoms with Crippen molar-refractivity contribution in [3.05, 3.63) is 71.8 Å². The summed E-state index contributed by atoms with van der Waals surface area (Å²) in [5.74, 6) is 1.69. The zero-order chi connectivity index (χ0) is 23.2. The van der Waals surface area contributed by atoms with E-state index < -0.39 is 0 Å². The van der Waals surface area contributed by atoms with Gasteiger partial charge in [-0.2, -0.15) is 0 Å². The maximum absolute atomic E-state index is 14.0. The lowest BCUT2D eigenvalue weighted by Crippen LogP contribution is -2.48. The zero-order valence-electron chi connectivity index (χ0n) is 20.1. The van der Waals surface area contributed by atoms with Crippen molar-refractivity contribution in [1.29, 1.82) is 0 Å². The van der Waals surface area contributed by atoms with E-state index in [1.165, 1.54) is 11.1 Å². The van der Waals surface area contributed by atoms with Gasteiger partial charge in [-0.15, -0.1) is 0 Å². The van der Waals surface area contributed by atoms with Gasteiger partial charge in [-0.05, 0) is 86.3 Å². The van der Waals surface area contributed by atoms with Crippen molar-refractivity contribution in [2.75, 3.05) is 6.54 Å². The Balaban J connectivity index is 1.24. The first kappa shape index (κ1) is 22.3. The molecule has 5 aliphatic rings. The number of carbonyl (C=O) groups is 1. The van der Waals surface area contributed by atoms with Crippen molar-refractivity contribution in [2.24, 2.45) is 28.9 Å². The Labute approximate surface area is 203 Å². The molecule has 0 radical (unpaired) electrons. The molecule has 5 saturated carbocycles. The highest BCUT2D eigenvalue weighted by Crippen LogP contribution is 2.71. The second-order valence-electron chi connectivity index (χ2n) is 11.6. The molecule has 0 aliphatic heterocycles. The highest BCUT2D eigenvalue weighted by atomic mass is 16.5. The summed E-state index contributed by atoms with van der Waals surface area (Å²) in [5, 5.41) is 3.54. The van der Waals surface area contributed by atoms with E-state index >= 15 is 0 Å². The van der Waals surface area contributed by atoms with Gasteiger partial charge in [0.1, 0.15) is 0 Å². The Morgan fingerprint density at radius 3 is 2.35 bits per heavy atom. The van der Waals surface area contributed by atoms with Gasteiger partial charge in [0.25, 0.3) is 0 Å². The molecule has 5 fully saturated rings. The van der Waals surface area contributed by atoms with E-state index in [1.807, 2.05) is 6.07 Å². The first-order chi connectivity index (χ1) is 16.6. The molecule has 4 bridgehead atoms. The summed E-state index contributed by atoms with van der Waals surface area (Å²) in [6.45, 7) is 1.41. The second kappa shape index (κ2) is 8.80. The van der Waals surface area contributed by atoms with Gasteiger partial charge in [-0.25, -0.2) is 0 Å². The lowest BCUT2D eigenvalue weighted by molar-refractivity contribution is -0.134. The number of nitrogens with one attached hydrogen (secondary N) is 1. The molecular weight excluding hydrogens is 420 g/mol. The van der Waals surface area contributed by atoms with E-state index in [0.29, 0.717) is 36.3 Å². The van der Waals surface area contributed by atoms with E-state index in [9.17, 15) is 4.79 Å². The van der Waals surface area contributed by atoms with Crippen LogP contribution < -0.4 is 11.1 Å². The van der Waals surface area contributed by atoms with Crippen molar-refractivity contribution in [3.63, 3.8) is 0 Å². The average Bonchev–Trinajstić information content (AvgIpc) is 3.26. The Kier molecular flexibility index (Phi) is 5.77. The fraction of sp³-hybridized carbons (Fsp3) is 0.567. The maximum atomic E-state index is 14.0. The van der Waals surface area contributed by atoms with Gasteiger partial charge in [0, 0.05) is 12.0 Å². The zero-order valence-corrected chi connectivity index (χ0v) is 20.1. The molecule has 0 saturated heterocycles. The van der Waals surface area contributed by atoms with Crippen molar-refractivity contribution in [3.8, 4) is 0 Å². The van der Waals surface area contributed by atoms with Crippen LogP contribution in [0.2, 0.25) is 0 Å². The molecule has 1 amide bonds. The van der Waals surface area contributed by atoms with Crippen LogP contribution in [0, 0.1) is 23.2 Å². The van der Waals surface area contributed by atoms with Crippen LogP contribution in [0.15, 0.2) is 60.7 Å². The summed E-state index contributed by atoms with van der Waals surface area (Å²) in [5.41, 5.74) is 8.36. The molecule has 7 rings (SSSR count). The van der Waals surface area contributed by atoms with Crippen molar-refractivity contribution in [2.45, 2.75) is 75.5 Å². The maximum Gasteiger partial charge on any atom is 0.226 e. The number of hydrogen-bond donors (Lipinski definition) is 2. The van der Waals surface area contributed by atoms with E-state index in [4.69, 9.17) is 10.5 Å². The molecular formula is C30H38N2O2. The Hall–Kier alpha value is -2.17. The molecule has 0 aromatic heterocycles. The fourth-order valence-corrected chi connectivity index (χ4v) is 8.20. The van der Waals surface area contributed by atoms with Crippen LogP contribution in [0.25, 0.3) is 0 Å². The summed E-state index contributed by atoms with van der Waals surface area (Å²) in [4.78, 5) is 14.0. The number of carbonyl (C=O) groups excluding carboxylic acids is 1. The van der Waals surface area contributed by atoms with Crippen molar-refractivity contribution >= 4 is 5.91 Å². The third kappa shape index (κ3) is 3.70. The Morgan fingerprint density at radius 2 is 1.65 bits per heavy atom. The van der Waals surface area contributed by atoms with Crippen LogP contribution in [0.4, 0.5) is 0 Å². The molecule has 2 aromatic carbocycles. The largest absolute Gasteiger partial charge is 0.373 e. The predicted molar refractivity (Wildman–Crippen MR) is 134 cm³/mol. The number of benzene rings is 2. The van der Waals surface area contributed by atoms with Crippen LogP contribution >= 0.6 is 0 Å². The molecule has 5 aliphatic carbocycles. The lowest BCUT2D eigenvalue weighted by atomic mass is 9.63. The number of amides is 1. The van der Waals surface area contributed by atoms with E-state index in [2.05, 4.69) is 59.9 Å². The minimum Gasteiger partial charge on any atom is -0.373 e. The summed E-state index contributed by atoms with van der Waals surface area (Å²) in [6.07, 6.45) is 8.75. The van der Waals surface area contributed by atoms with Crippen LogP contribution in [0.3, 0.4) is 0 Å². The van der Waals surface area contributed by atoms with Gasteiger partial charge in [0.2, 0.25) is 5.91 Å². The lowest BCUT2D eigenvalue weighted by Gasteiger charge is -2.43. The number of ether oxygens (including phenoxy) is 1. The number of rotatable bonds is 7. The van der Waals surface area contributed by atoms with Gasteiger partial charge in [0.15, 0.2) is 0 Å². The molecule has 4 nitrogen and oxygen atoms in total. The van der Waals surface area contributed by atoms with Gasteiger partial charge in [-0.3, -0.25) is 4.79 Å². The van der Waals surface area contributed by atoms with Gasteiger partial charge < -0.3 is 15.8 Å². The molecule has 5 unspecified atom stereocenters. The Morgan fingerprint density at radius 1 is 0.941 bits per heavy atom. The summed E-state index contributed by atoms with van der Waals surface area (Å²) in [7, 11) is 0. The number of hydrogen-bond acceptors (Lipinski definition) is 3. The fourth-order valence-electron chi connectivity index (χ4n) is 8.20. The highest BCUT2D eigenvalue weighted by molar-refractivity contribution is 5.85. The summed E-state index contributed by atoms with van der Waals surface area (Å²) < 4.78 is 6.63.